The molecule has 4 rings (SSSR count). The highest BCUT2D eigenvalue weighted by atomic mass is 19.4. The topological polar surface area (TPSA) is 74.8 Å². The van der Waals surface area contributed by atoms with Crippen molar-refractivity contribution in [3.8, 4) is 5.88 Å². The third-order valence-corrected chi connectivity index (χ3v) is 6.49. The number of piperidine rings is 1. The first-order chi connectivity index (χ1) is 17.2. The normalized spacial score (nSPS) is 14.5. The average molecular weight is 501 g/mol. The van der Waals surface area contributed by atoms with Crippen LogP contribution in [0.1, 0.15) is 24.0 Å². The number of halogens is 3. The van der Waals surface area contributed by atoms with Gasteiger partial charge in [-0.2, -0.15) is 13.2 Å². The molecule has 0 unspecified atom stereocenters. The number of likely N-dealkylation sites (tertiary alicyclic amines) is 1. The number of para-hydroxylation sites is 1. The molecule has 1 aromatic heterocycles. The lowest BCUT2D eigenvalue weighted by Gasteiger charge is -2.38. The number of hydrogen-bond acceptors (Lipinski definition) is 5. The number of ether oxygens (including phenoxy) is 1. The number of carbonyl (C=O) groups is 2. The van der Waals surface area contributed by atoms with Crippen LogP contribution in [-0.4, -0.2) is 55.5 Å². The van der Waals surface area contributed by atoms with Crippen LogP contribution in [0, 0.1) is 0 Å². The number of pyridine rings is 1. The molecule has 190 valence electrons. The Kier molecular flexibility index (Phi) is 7.32. The molecule has 0 bridgehead atoms. The van der Waals surface area contributed by atoms with Crippen LogP contribution in [0.4, 0.5) is 24.5 Å². The maximum atomic E-state index is 13.7. The molecule has 0 spiro atoms. The van der Waals surface area contributed by atoms with E-state index in [9.17, 15) is 22.8 Å². The van der Waals surface area contributed by atoms with E-state index in [2.05, 4.69) is 10.3 Å². The Morgan fingerprint density at radius 2 is 1.94 bits per heavy atom. The highest BCUT2D eigenvalue weighted by Crippen LogP contribution is 2.42. The summed E-state index contributed by atoms with van der Waals surface area (Å²) in [4.78, 5) is 32.2. The predicted molar refractivity (Wildman–Crippen MR) is 131 cm³/mol. The van der Waals surface area contributed by atoms with Crippen LogP contribution in [0.25, 0.3) is 10.9 Å². The molecule has 2 aromatic carbocycles. The van der Waals surface area contributed by atoms with E-state index in [-0.39, 0.29) is 23.7 Å². The Bertz CT molecular complexity index is 1260. The predicted octanol–water partition coefficient (Wildman–Crippen LogP) is 4.50. The van der Waals surface area contributed by atoms with E-state index in [1.54, 1.807) is 18.1 Å². The van der Waals surface area contributed by atoms with Crippen LogP contribution in [0.15, 0.2) is 48.5 Å². The van der Waals surface area contributed by atoms with E-state index in [0.29, 0.717) is 38.2 Å². The molecule has 3 aromatic rings. The first kappa shape index (κ1) is 25.3. The molecule has 0 atom stereocenters. The fraction of sp³-hybridized carbons (Fsp3) is 0.346. The fourth-order valence-electron chi connectivity index (χ4n) is 4.63. The summed E-state index contributed by atoms with van der Waals surface area (Å²) >= 11 is 0. The zero-order valence-electron chi connectivity index (χ0n) is 20.0. The van der Waals surface area contributed by atoms with Gasteiger partial charge in [-0.05, 0) is 48.7 Å². The van der Waals surface area contributed by atoms with E-state index in [1.165, 1.54) is 19.2 Å². The molecule has 10 heteroatoms. The largest absolute Gasteiger partial charge is 0.481 e. The molecule has 2 heterocycles. The second-order valence-electron chi connectivity index (χ2n) is 8.63. The van der Waals surface area contributed by atoms with Gasteiger partial charge in [0.25, 0.3) is 0 Å². The lowest BCUT2D eigenvalue weighted by atomic mass is 9.99. The third-order valence-electron chi connectivity index (χ3n) is 6.49. The number of anilines is 2. The van der Waals surface area contributed by atoms with Crippen molar-refractivity contribution in [3.63, 3.8) is 0 Å². The number of carbonyl (C=O) groups excluding carboxylic acids is 2. The van der Waals surface area contributed by atoms with Gasteiger partial charge in [-0.1, -0.05) is 12.1 Å². The minimum absolute atomic E-state index is 0.0708. The number of fused-ring (bicyclic) bond motifs is 1. The SMILES string of the molecule is CNc1cccc(C(F)(F)F)c1N(C=O)C1CCN(C(=O)Cc2ccc3nc(OC)ccc3c2)CC1. The summed E-state index contributed by atoms with van der Waals surface area (Å²) < 4.78 is 46.3. The van der Waals surface area contributed by atoms with Gasteiger partial charge in [0, 0.05) is 37.6 Å². The van der Waals surface area contributed by atoms with Crippen LogP contribution in [0.5, 0.6) is 5.88 Å². The van der Waals surface area contributed by atoms with Crippen LogP contribution in [0.3, 0.4) is 0 Å². The number of rotatable bonds is 7. The third kappa shape index (κ3) is 5.22. The zero-order valence-corrected chi connectivity index (χ0v) is 20.0. The quantitative estimate of drug-likeness (QED) is 0.484. The van der Waals surface area contributed by atoms with Gasteiger partial charge in [0.05, 0.1) is 36.0 Å². The van der Waals surface area contributed by atoms with E-state index >= 15 is 0 Å². The maximum Gasteiger partial charge on any atom is 0.418 e. The first-order valence-electron chi connectivity index (χ1n) is 11.6. The van der Waals surface area contributed by atoms with Gasteiger partial charge in [0.2, 0.25) is 18.2 Å². The Hall–Kier alpha value is -3.82. The van der Waals surface area contributed by atoms with Gasteiger partial charge in [0.15, 0.2) is 0 Å². The summed E-state index contributed by atoms with van der Waals surface area (Å²) in [5.41, 5.74) is 0.769. The number of aromatic nitrogens is 1. The lowest BCUT2D eigenvalue weighted by Crippen LogP contribution is -2.47. The summed E-state index contributed by atoms with van der Waals surface area (Å²) in [6.45, 7) is 0.701. The molecule has 7 nitrogen and oxygen atoms in total. The molecular weight excluding hydrogens is 473 g/mol. The standard InChI is InChI=1S/C26H27F3N4O3/c1-30-22-5-3-4-20(26(27,28)29)25(22)33(16-34)19-10-12-32(13-11-19)24(35)15-17-6-8-21-18(14-17)7-9-23(31-21)36-2/h3-9,14,16,19,30H,10-13,15H2,1-2H3. The zero-order chi connectivity index (χ0) is 25.9. The Balaban J connectivity index is 1.45. The van der Waals surface area contributed by atoms with Gasteiger partial charge in [-0.25, -0.2) is 4.98 Å². The molecule has 1 fully saturated rings. The summed E-state index contributed by atoms with van der Waals surface area (Å²) in [6, 6.07) is 12.6. The Morgan fingerprint density at radius 1 is 1.19 bits per heavy atom. The second-order valence-corrected chi connectivity index (χ2v) is 8.63. The van der Waals surface area contributed by atoms with E-state index in [0.717, 1.165) is 27.4 Å². The molecule has 0 saturated carbocycles. The van der Waals surface area contributed by atoms with Gasteiger partial charge < -0.3 is 19.9 Å². The number of benzene rings is 2. The van der Waals surface area contributed by atoms with Crippen LogP contribution >= 0.6 is 0 Å². The smallest absolute Gasteiger partial charge is 0.418 e. The highest BCUT2D eigenvalue weighted by molar-refractivity contribution is 5.87. The Morgan fingerprint density at radius 3 is 2.58 bits per heavy atom. The Labute approximate surface area is 206 Å². The van der Waals surface area contributed by atoms with Crippen molar-refractivity contribution in [2.24, 2.45) is 0 Å². The number of nitrogens with one attached hydrogen (secondary N) is 1. The molecule has 0 aliphatic carbocycles. The number of nitrogens with zero attached hydrogens (tertiary/aromatic N) is 3. The van der Waals surface area contributed by atoms with E-state index < -0.39 is 17.8 Å². The number of methoxy groups -OCH3 is 1. The summed E-state index contributed by atoms with van der Waals surface area (Å²) in [5, 5.41) is 3.65. The van der Waals surface area contributed by atoms with E-state index in [4.69, 9.17) is 4.74 Å². The molecule has 36 heavy (non-hydrogen) atoms. The molecule has 2 amide bonds. The van der Waals surface area contributed by atoms with Gasteiger partial charge in [-0.15, -0.1) is 0 Å². The van der Waals surface area contributed by atoms with Crippen LogP contribution in [0.2, 0.25) is 0 Å². The molecule has 1 saturated heterocycles. The summed E-state index contributed by atoms with van der Waals surface area (Å²) in [6.07, 6.45) is -3.21. The van der Waals surface area contributed by atoms with E-state index in [1.807, 2.05) is 24.3 Å². The molecule has 0 radical (unpaired) electrons. The minimum Gasteiger partial charge on any atom is -0.481 e. The summed E-state index contributed by atoms with van der Waals surface area (Å²) in [5.74, 6) is 0.441. The molecule has 1 N–H and O–H groups in total. The van der Waals surface area contributed by atoms with Crippen molar-refractivity contribution < 1.29 is 27.5 Å². The number of amides is 2. The minimum atomic E-state index is -4.61. The maximum absolute atomic E-state index is 13.7. The second kappa shape index (κ2) is 10.4. The average Bonchev–Trinajstić information content (AvgIpc) is 2.88. The van der Waals surface area contributed by atoms with Crippen LogP contribution in [-0.2, 0) is 22.2 Å². The van der Waals surface area contributed by atoms with Gasteiger partial charge in [0.1, 0.15) is 0 Å². The van der Waals surface area contributed by atoms with Crippen molar-refractivity contribution in [2.45, 2.75) is 31.5 Å². The van der Waals surface area contributed by atoms with Crippen molar-refractivity contribution in [1.82, 2.24) is 9.88 Å². The number of alkyl halides is 3. The van der Waals surface area contributed by atoms with Crippen molar-refractivity contribution >= 4 is 34.6 Å². The fourth-order valence-corrected chi connectivity index (χ4v) is 4.63. The molecule has 1 aliphatic heterocycles. The number of hydrogen-bond donors (Lipinski definition) is 1. The van der Waals surface area contributed by atoms with Crippen molar-refractivity contribution in [1.29, 1.82) is 0 Å². The molecule has 1 aliphatic rings. The van der Waals surface area contributed by atoms with Crippen LogP contribution < -0.4 is 15.0 Å². The molecular formula is C26H27F3N4O3. The summed E-state index contributed by atoms with van der Waals surface area (Å²) in [7, 11) is 3.07. The lowest BCUT2D eigenvalue weighted by molar-refractivity contribution is -0.137. The van der Waals surface area contributed by atoms with Gasteiger partial charge in [-0.3, -0.25) is 9.59 Å². The first-order valence-corrected chi connectivity index (χ1v) is 11.6. The van der Waals surface area contributed by atoms with Crippen molar-refractivity contribution in [3.05, 3.63) is 59.7 Å². The van der Waals surface area contributed by atoms with Crippen molar-refractivity contribution in [2.75, 3.05) is 37.5 Å². The highest BCUT2D eigenvalue weighted by Gasteiger charge is 2.38. The monoisotopic (exact) mass is 500 g/mol. The van der Waals surface area contributed by atoms with Gasteiger partial charge >= 0.3 is 6.18 Å².